The van der Waals surface area contributed by atoms with Gasteiger partial charge in [0, 0.05) is 42.0 Å². The van der Waals surface area contributed by atoms with Crippen LogP contribution in [0.2, 0.25) is 0 Å². The number of benzene rings is 2. The second kappa shape index (κ2) is 13.2. The number of hydrogen-bond acceptors (Lipinski definition) is 11. The van der Waals surface area contributed by atoms with Crippen LogP contribution < -0.4 is 15.2 Å². The van der Waals surface area contributed by atoms with Gasteiger partial charge in [0.25, 0.3) is 0 Å². The molecule has 5 N–H and O–H groups in total. The Morgan fingerprint density at radius 1 is 1.12 bits per heavy atom. The molecule has 2 aromatic rings. The zero-order valence-corrected chi connectivity index (χ0v) is 29.4. The van der Waals surface area contributed by atoms with E-state index < -0.39 is 65.6 Å². The van der Waals surface area contributed by atoms with Crippen molar-refractivity contribution in [1.82, 2.24) is 0 Å². The number of nitrogens with two attached hydrogens (primary N) is 1. The summed E-state index contributed by atoms with van der Waals surface area (Å²) in [6.07, 6.45) is -1.14. The molecule has 264 valence electrons. The zero-order chi connectivity index (χ0) is 36.2. The normalized spacial score (nSPS) is 26.6. The number of carbonyl (C=O) groups excluding carboxylic acids is 3. The van der Waals surface area contributed by atoms with Crippen LogP contribution in [0.15, 0.2) is 36.3 Å². The van der Waals surface area contributed by atoms with Gasteiger partial charge in [0.15, 0.2) is 23.6 Å². The van der Waals surface area contributed by atoms with Crippen LogP contribution in [0.4, 0.5) is 0 Å². The van der Waals surface area contributed by atoms with Gasteiger partial charge in [-0.1, -0.05) is 59.4 Å². The van der Waals surface area contributed by atoms with E-state index in [9.17, 15) is 29.7 Å². The van der Waals surface area contributed by atoms with Crippen LogP contribution in [0.5, 0.6) is 11.5 Å². The molecule has 0 saturated carbocycles. The molecule has 1 saturated heterocycles. The van der Waals surface area contributed by atoms with Crippen molar-refractivity contribution in [3.05, 3.63) is 75.2 Å². The molecule has 11 heteroatoms. The van der Waals surface area contributed by atoms with Crippen LogP contribution in [0, 0.1) is 5.41 Å². The van der Waals surface area contributed by atoms with E-state index in [0.29, 0.717) is 11.1 Å². The van der Waals surface area contributed by atoms with Crippen molar-refractivity contribution >= 4 is 17.3 Å². The van der Waals surface area contributed by atoms with E-state index in [1.165, 1.54) is 13.4 Å². The number of ether oxygens (including phenoxy) is 4. The standard InChI is InChI=1S/C38H47NO10/c1-19-32(42)22(39)15-26(48-19)49-24-17-38(45,25(41)18-40)16-21-27(24)31(37(5,6)7)29-30(35(21)47-14-10-13-36(2,3)4)33(43)20-11-9-12-23(46-8)28(20)34(29)44/h9,11-14,19,22,24,26,32,40,42,45H,15-18,39H2,1-8H3/t10?,19?,22?,24-,26?,32?,38-/m0/s1. The summed E-state index contributed by atoms with van der Waals surface area (Å²) in [5, 5.41) is 32.3. The predicted molar refractivity (Wildman–Crippen MR) is 180 cm³/mol. The average Bonchev–Trinajstić information content (AvgIpc) is 3.02. The molecule has 4 unspecified atom stereocenters. The number of fused-ring (bicyclic) bond motifs is 3. The molecule has 2 aliphatic carbocycles. The van der Waals surface area contributed by atoms with Gasteiger partial charge in [-0.3, -0.25) is 14.4 Å². The lowest BCUT2D eigenvalue weighted by Gasteiger charge is -2.44. The number of allylic oxidation sites excluding steroid dienone is 1. The molecule has 0 bridgehead atoms. The van der Waals surface area contributed by atoms with Gasteiger partial charge >= 0.3 is 0 Å². The molecule has 1 aliphatic heterocycles. The summed E-state index contributed by atoms with van der Waals surface area (Å²) < 4.78 is 24.3. The first-order chi connectivity index (χ1) is 22.8. The van der Waals surface area contributed by atoms with E-state index in [0.717, 1.165) is 0 Å². The third-order valence-electron chi connectivity index (χ3n) is 9.32. The molecule has 6 atom stereocenters. The molecule has 0 amide bonds. The van der Waals surface area contributed by atoms with E-state index in [-0.39, 0.29) is 64.0 Å². The smallest absolute Gasteiger partial charge is 0.198 e. The van der Waals surface area contributed by atoms with Gasteiger partial charge in [-0.05, 0) is 41.0 Å². The molecule has 0 spiro atoms. The maximum atomic E-state index is 14.7. The van der Waals surface area contributed by atoms with Crippen LogP contribution >= 0.6 is 0 Å². The van der Waals surface area contributed by atoms with Crippen LogP contribution in [0.1, 0.15) is 116 Å². The van der Waals surface area contributed by atoms with Crippen LogP contribution in [0.25, 0.3) is 0 Å². The lowest BCUT2D eigenvalue weighted by Crippen LogP contribution is -2.53. The largest absolute Gasteiger partial charge is 0.496 e. The number of methoxy groups -OCH3 is 1. The van der Waals surface area contributed by atoms with E-state index in [2.05, 4.69) is 5.73 Å². The fraction of sp³-hybridized carbons (Fsp3) is 0.526. The van der Waals surface area contributed by atoms with Gasteiger partial charge in [-0.25, -0.2) is 0 Å². The van der Waals surface area contributed by atoms with Crippen molar-refractivity contribution < 1.29 is 48.7 Å². The molecule has 1 fully saturated rings. The van der Waals surface area contributed by atoms with Gasteiger partial charge < -0.3 is 40.0 Å². The Balaban J connectivity index is 1.87. The quantitative estimate of drug-likeness (QED) is 0.210. The maximum Gasteiger partial charge on any atom is 0.198 e. The minimum atomic E-state index is -2.14. The molecule has 2 aromatic carbocycles. The number of carbonyl (C=O) groups is 3. The summed E-state index contributed by atoms with van der Waals surface area (Å²) in [6.45, 7) is 12.3. The minimum absolute atomic E-state index is 0.0182. The number of ketones is 3. The van der Waals surface area contributed by atoms with Crippen molar-refractivity contribution in [1.29, 1.82) is 0 Å². The van der Waals surface area contributed by atoms with E-state index in [1.54, 1.807) is 31.2 Å². The SMILES string of the molecule is COc1cccc2c1C(=O)c1c(c(OC=C=CC(C)(C)C)c3c(c1C(C)(C)C)[C@@H](OC1CC(N)C(O)C(C)O1)C[C@](O)(C(=O)CO)C3)C2=O. The Morgan fingerprint density at radius 2 is 1.82 bits per heavy atom. The summed E-state index contributed by atoms with van der Waals surface area (Å²) in [4.78, 5) is 42.5. The third kappa shape index (κ3) is 6.77. The first-order valence-electron chi connectivity index (χ1n) is 16.5. The topological polar surface area (TPSA) is 175 Å². The van der Waals surface area contributed by atoms with Crippen LogP contribution in [-0.4, -0.2) is 76.5 Å². The van der Waals surface area contributed by atoms with Gasteiger partial charge in [0.2, 0.25) is 0 Å². The molecule has 49 heavy (non-hydrogen) atoms. The highest BCUT2D eigenvalue weighted by Crippen LogP contribution is 2.53. The first-order valence-corrected chi connectivity index (χ1v) is 16.5. The third-order valence-corrected chi connectivity index (χ3v) is 9.32. The Hall–Kier alpha value is -3.67. The second-order valence-electron chi connectivity index (χ2n) is 15.3. The van der Waals surface area contributed by atoms with Crippen LogP contribution in [0.3, 0.4) is 0 Å². The summed E-state index contributed by atoms with van der Waals surface area (Å²) >= 11 is 0. The number of aliphatic hydroxyl groups is 3. The molecule has 1 heterocycles. The number of aliphatic hydroxyl groups excluding tert-OH is 2. The highest BCUT2D eigenvalue weighted by molar-refractivity contribution is 6.31. The van der Waals surface area contributed by atoms with Crippen molar-refractivity contribution in [3.63, 3.8) is 0 Å². The predicted octanol–water partition coefficient (Wildman–Crippen LogP) is 3.98. The summed E-state index contributed by atoms with van der Waals surface area (Å²) in [5.74, 6) is -1.58. The van der Waals surface area contributed by atoms with E-state index in [1.807, 2.05) is 41.5 Å². The van der Waals surface area contributed by atoms with Crippen LogP contribution in [-0.2, 0) is 26.1 Å². The molecule has 3 aliphatic rings. The Labute approximate surface area is 286 Å². The van der Waals surface area contributed by atoms with E-state index >= 15 is 0 Å². The summed E-state index contributed by atoms with van der Waals surface area (Å²) in [7, 11) is 1.43. The van der Waals surface area contributed by atoms with Gasteiger partial charge in [0.1, 0.15) is 30.0 Å². The highest BCUT2D eigenvalue weighted by atomic mass is 16.7. The summed E-state index contributed by atoms with van der Waals surface area (Å²) in [5.41, 5.74) is 7.57. The lowest BCUT2D eigenvalue weighted by atomic mass is 9.65. The molecule has 0 aromatic heterocycles. The molecular weight excluding hydrogens is 630 g/mol. The van der Waals surface area contributed by atoms with Crippen molar-refractivity contribution in [2.75, 3.05) is 13.7 Å². The maximum absolute atomic E-state index is 14.7. The summed E-state index contributed by atoms with van der Waals surface area (Å²) in [6, 6.07) is 4.11. The minimum Gasteiger partial charge on any atom is -0.496 e. The fourth-order valence-corrected chi connectivity index (χ4v) is 7.05. The lowest BCUT2D eigenvalue weighted by molar-refractivity contribution is -0.247. The number of Topliss-reactive ketones (excluding diaryl/α,β-unsaturated/α-hetero) is 1. The fourth-order valence-electron chi connectivity index (χ4n) is 7.05. The Kier molecular flexibility index (Phi) is 9.88. The molecular formula is C38H47NO10. The van der Waals surface area contributed by atoms with E-state index in [4.69, 9.17) is 24.7 Å². The Bertz CT molecular complexity index is 1730. The number of hydrogen-bond donors (Lipinski definition) is 4. The van der Waals surface area contributed by atoms with Gasteiger partial charge in [0.05, 0.1) is 36.5 Å². The first kappa shape index (κ1) is 36.6. The van der Waals surface area contributed by atoms with Crippen molar-refractivity contribution in [2.45, 2.75) is 109 Å². The highest BCUT2D eigenvalue weighted by Gasteiger charge is 2.51. The van der Waals surface area contributed by atoms with Gasteiger partial charge in [-0.2, -0.15) is 0 Å². The second-order valence-corrected chi connectivity index (χ2v) is 15.3. The molecule has 5 rings (SSSR count). The van der Waals surface area contributed by atoms with Crippen molar-refractivity contribution in [2.24, 2.45) is 11.1 Å². The molecule has 0 radical (unpaired) electrons. The van der Waals surface area contributed by atoms with Crippen molar-refractivity contribution in [3.8, 4) is 11.5 Å². The molecule has 11 nitrogen and oxygen atoms in total. The Morgan fingerprint density at radius 3 is 2.41 bits per heavy atom. The average molecular weight is 678 g/mol. The van der Waals surface area contributed by atoms with Gasteiger partial charge in [-0.15, -0.1) is 0 Å². The zero-order valence-electron chi connectivity index (χ0n) is 29.4. The monoisotopic (exact) mass is 677 g/mol. The number of rotatable bonds is 7.